The van der Waals surface area contributed by atoms with Gasteiger partial charge in [0.1, 0.15) is 17.2 Å². The van der Waals surface area contributed by atoms with Gasteiger partial charge in [-0.2, -0.15) is 0 Å². The van der Waals surface area contributed by atoms with Gasteiger partial charge in [-0.05, 0) is 72.8 Å². The summed E-state index contributed by atoms with van der Waals surface area (Å²) in [4.78, 5) is 26.0. The third kappa shape index (κ3) is 4.85. The zero-order valence-corrected chi connectivity index (χ0v) is 19.1. The fraction of sp³-hybridized carbons (Fsp3) is 0.192. The van der Waals surface area contributed by atoms with E-state index in [0.717, 1.165) is 16.9 Å². The Morgan fingerprint density at radius 3 is 1.85 bits per heavy atom. The topological polar surface area (TPSA) is 88.9 Å². The molecule has 2 atom stereocenters. The lowest BCUT2D eigenvalue weighted by atomic mass is 9.99. The number of methoxy groups -OCH3 is 3. The van der Waals surface area contributed by atoms with Crippen molar-refractivity contribution in [1.29, 1.82) is 0 Å². The van der Waals surface area contributed by atoms with Crippen LogP contribution in [0.15, 0.2) is 72.8 Å². The van der Waals surface area contributed by atoms with Gasteiger partial charge in [0.25, 0.3) is 5.91 Å². The van der Waals surface area contributed by atoms with Crippen LogP contribution in [0.4, 0.5) is 0 Å². The van der Waals surface area contributed by atoms with Gasteiger partial charge in [-0.25, -0.2) is 0 Å². The zero-order valence-electron chi connectivity index (χ0n) is 19.1. The van der Waals surface area contributed by atoms with E-state index in [-0.39, 0.29) is 11.8 Å². The Bertz CT molecular complexity index is 1190. The molecule has 1 aliphatic rings. The minimum atomic E-state index is -0.822. The molecular weight excluding hydrogens is 434 g/mol. The summed E-state index contributed by atoms with van der Waals surface area (Å²) in [7, 11) is 4.76. The average Bonchev–Trinajstić information content (AvgIpc) is 3.18. The molecule has 0 radical (unpaired) electrons. The number of amides is 2. The molecule has 1 saturated heterocycles. The first-order valence-electron chi connectivity index (χ1n) is 10.7. The number of nitrogens with one attached hydrogen (secondary N) is 2. The van der Waals surface area contributed by atoms with Gasteiger partial charge < -0.3 is 19.5 Å². The smallest absolute Gasteiger partial charge is 0.304 e. The molecule has 2 N–H and O–H groups in total. The Morgan fingerprint density at radius 2 is 1.32 bits per heavy atom. The SMILES string of the molecule is COc1ccc(/C=[N+]2\NC(=O)[C@@H](NC(=O)c3ccc(OC)cc3)[C@@H]2c2ccc(OC)cc2)cc1. The summed E-state index contributed by atoms with van der Waals surface area (Å²) in [5.74, 6) is 1.41. The van der Waals surface area contributed by atoms with Gasteiger partial charge >= 0.3 is 5.91 Å². The lowest BCUT2D eigenvalue weighted by molar-refractivity contribution is -0.596. The Hall–Kier alpha value is -4.33. The molecule has 174 valence electrons. The van der Waals surface area contributed by atoms with Gasteiger partial charge in [0.15, 0.2) is 6.04 Å². The van der Waals surface area contributed by atoms with Crippen LogP contribution < -0.4 is 25.0 Å². The highest BCUT2D eigenvalue weighted by molar-refractivity contribution is 5.98. The van der Waals surface area contributed by atoms with Crippen molar-refractivity contribution in [3.8, 4) is 17.2 Å². The van der Waals surface area contributed by atoms with Crippen LogP contribution in [0.3, 0.4) is 0 Å². The van der Waals surface area contributed by atoms with Crippen LogP contribution in [-0.4, -0.2) is 50.1 Å². The van der Waals surface area contributed by atoms with Crippen LogP contribution in [0.1, 0.15) is 27.5 Å². The van der Waals surface area contributed by atoms with E-state index in [1.807, 2.05) is 54.7 Å². The first-order chi connectivity index (χ1) is 16.5. The van der Waals surface area contributed by atoms with Crippen molar-refractivity contribution in [3.63, 3.8) is 0 Å². The minimum Gasteiger partial charge on any atom is -0.497 e. The molecule has 4 rings (SSSR count). The van der Waals surface area contributed by atoms with Crippen LogP contribution in [0.5, 0.6) is 17.2 Å². The molecule has 0 unspecified atom stereocenters. The molecule has 2 amide bonds. The van der Waals surface area contributed by atoms with Gasteiger partial charge in [0.2, 0.25) is 12.3 Å². The highest BCUT2D eigenvalue weighted by Gasteiger charge is 2.47. The minimum absolute atomic E-state index is 0.313. The van der Waals surface area contributed by atoms with Crippen LogP contribution in [0.25, 0.3) is 0 Å². The lowest BCUT2D eigenvalue weighted by Gasteiger charge is -2.15. The van der Waals surface area contributed by atoms with E-state index in [1.54, 1.807) is 50.3 Å². The van der Waals surface area contributed by atoms with Crippen LogP contribution in [-0.2, 0) is 4.79 Å². The summed E-state index contributed by atoms with van der Waals surface area (Å²) in [6, 6.07) is 20.3. The number of hydrogen-bond donors (Lipinski definition) is 2. The normalized spacial score (nSPS) is 18.3. The molecule has 0 saturated carbocycles. The van der Waals surface area contributed by atoms with Crippen molar-refractivity contribution in [2.24, 2.45) is 0 Å². The molecular formula is C26H26N3O5+. The summed E-state index contributed by atoms with van der Waals surface area (Å²) in [6.45, 7) is 0. The molecule has 1 heterocycles. The molecule has 0 bridgehead atoms. The molecule has 1 aliphatic heterocycles. The van der Waals surface area contributed by atoms with Crippen molar-refractivity contribution in [3.05, 3.63) is 89.5 Å². The van der Waals surface area contributed by atoms with Crippen molar-refractivity contribution in [1.82, 2.24) is 10.7 Å². The maximum atomic E-state index is 13.0. The first kappa shape index (κ1) is 22.8. The van der Waals surface area contributed by atoms with Crippen molar-refractivity contribution in [2.45, 2.75) is 12.1 Å². The fourth-order valence-corrected chi connectivity index (χ4v) is 3.80. The predicted octanol–water partition coefficient (Wildman–Crippen LogP) is 2.73. The standard InChI is InChI=1S/C26H25N3O5/c1-32-20-10-4-17(5-11-20)16-29-24(18-6-12-21(33-2)13-7-18)23(26(31)28-29)27-25(30)19-8-14-22(34-3)15-9-19/h4-16,23-24H,1-3H3,(H-,27,28,30,31)/p+1/b29-16-/t23-,24-/m0/s1. The van der Waals surface area contributed by atoms with Gasteiger partial charge in [-0.1, -0.05) is 0 Å². The molecule has 8 nitrogen and oxygen atoms in total. The largest absolute Gasteiger partial charge is 0.497 e. The summed E-state index contributed by atoms with van der Waals surface area (Å²) >= 11 is 0. The van der Waals surface area contributed by atoms with Gasteiger partial charge in [-0.15, -0.1) is 10.1 Å². The summed E-state index contributed by atoms with van der Waals surface area (Å²) in [5.41, 5.74) is 5.00. The predicted molar refractivity (Wildman–Crippen MR) is 127 cm³/mol. The van der Waals surface area contributed by atoms with Gasteiger partial charge in [-0.3, -0.25) is 9.59 Å². The molecule has 0 aromatic heterocycles. The number of carbonyl (C=O) groups is 2. The maximum Gasteiger partial charge on any atom is 0.304 e. The number of hydrazone groups is 1. The van der Waals surface area contributed by atoms with E-state index in [4.69, 9.17) is 14.2 Å². The number of carbonyl (C=O) groups excluding carboxylic acids is 2. The van der Waals surface area contributed by atoms with Crippen molar-refractivity contribution in [2.75, 3.05) is 21.3 Å². The van der Waals surface area contributed by atoms with Crippen molar-refractivity contribution >= 4 is 18.0 Å². The van der Waals surface area contributed by atoms with E-state index in [9.17, 15) is 9.59 Å². The van der Waals surface area contributed by atoms with Gasteiger partial charge in [0.05, 0.1) is 21.3 Å². The average molecular weight is 461 g/mol. The molecule has 3 aromatic rings. The second-order valence-electron chi connectivity index (χ2n) is 7.68. The second kappa shape index (κ2) is 10.1. The maximum absolute atomic E-state index is 13.0. The lowest BCUT2D eigenvalue weighted by Crippen LogP contribution is -2.42. The Morgan fingerprint density at radius 1 is 0.824 bits per heavy atom. The number of ether oxygens (including phenoxy) is 3. The number of benzene rings is 3. The summed E-state index contributed by atoms with van der Waals surface area (Å²) < 4.78 is 17.4. The molecule has 3 aromatic carbocycles. The number of nitrogens with zero attached hydrogens (tertiary/aromatic N) is 1. The Kier molecular flexibility index (Phi) is 6.77. The molecule has 0 spiro atoms. The first-order valence-corrected chi connectivity index (χ1v) is 10.7. The van der Waals surface area contributed by atoms with Crippen LogP contribution in [0.2, 0.25) is 0 Å². The highest BCUT2D eigenvalue weighted by atomic mass is 16.5. The second-order valence-corrected chi connectivity index (χ2v) is 7.68. The van der Waals surface area contributed by atoms with E-state index >= 15 is 0 Å². The highest BCUT2D eigenvalue weighted by Crippen LogP contribution is 2.27. The van der Waals surface area contributed by atoms with E-state index < -0.39 is 12.1 Å². The number of rotatable bonds is 7. The zero-order chi connectivity index (χ0) is 24.1. The molecule has 0 aliphatic carbocycles. The third-order valence-electron chi connectivity index (χ3n) is 5.64. The number of hydrogen-bond acceptors (Lipinski definition) is 5. The summed E-state index contributed by atoms with van der Waals surface area (Å²) in [5, 5.41) is 2.89. The van der Waals surface area contributed by atoms with E-state index in [2.05, 4.69) is 10.7 Å². The molecule has 1 fully saturated rings. The van der Waals surface area contributed by atoms with Gasteiger partial charge in [0, 0.05) is 16.7 Å². The van der Waals surface area contributed by atoms with Crippen LogP contribution in [0, 0.1) is 0 Å². The third-order valence-corrected chi connectivity index (χ3v) is 5.64. The monoisotopic (exact) mass is 460 g/mol. The Balaban J connectivity index is 1.67. The van der Waals surface area contributed by atoms with E-state index in [1.165, 1.54) is 0 Å². The summed E-state index contributed by atoms with van der Waals surface area (Å²) in [6.07, 6.45) is 1.83. The van der Waals surface area contributed by atoms with E-state index in [0.29, 0.717) is 17.1 Å². The fourth-order valence-electron chi connectivity index (χ4n) is 3.80. The molecule has 8 heteroatoms. The Labute approximate surface area is 197 Å². The molecule has 34 heavy (non-hydrogen) atoms. The number of hydrazine groups is 1. The van der Waals surface area contributed by atoms with Crippen molar-refractivity contribution < 1.29 is 28.5 Å². The quantitative estimate of drug-likeness (QED) is 0.530. The van der Waals surface area contributed by atoms with Crippen LogP contribution >= 0.6 is 0 Å².